The van der Waals surface area contributed by atoms with Crippen molar-refractivity contribution in [3.8, 4) is 0 Å². The number of anilines is 1. The number of aryl methyl sites for hydroxylation is 1. The molecule has 3 heteroatoms. The third kappa shape index (κ3) is 3.04. The molecule has 1 saturated heterocycles. The Balaban J connectivity index is 1.57. The van der Waals surface area contributed by atoms with Crippen molar-refractivity contribution in [1.29, 1.82) is 0 Å². The molecule has 1 aromatic carbocycles. The fraction of sp³-hybridized carbons (Fsp3) is 0.588. The van der Waals surface area contributed by atoms with E-state index in [1.54, 1.807) is 0 Å². The topological polar surface area (TPSA) is 32.3 Å². The van der Waals surface area contributed by atoms with E-state index >= 15 is 0 Å². The summed E-state index contributed by atoms with van der Waals surface area (Å²) >= 11 is 0. The number of carbonyl (C=O) groups is 1. The van der Waals surface area contributed by atoms with Crippen molar-refractivity contribution in [2.75, 3.05) is 24.5 Å². The summed E-state index contributed by atoms with van der Waals surface area (Å²) in [5, 5.41) is 3.41. The standard InChI is InChI=1S/C17H24N2O/c20-17-8-7-15-5-1-2-6-16(15)19(17)13-3-4-14-9-11-18-12-10-14/h1-2,5-6,14,18H,3-4,7-13H2. The third-order valence-corrected chi connectivity index (χ3v) is 4.64. The van der Waals surface area contributed by atoms with Crippen LogP contribution in [-0.2, 0) is 11.2 Å². The van der Waals surface area contributed by atoms with E-state index < -0.39 is 0 Å². The van der Waals surface area contributed by atoms with Gasteiger partial charge in [0.2, 0.25) is 5.91 Å². The van der Waals surface area contributed by atoms with E-state index in [1.165, 1.54) is 24.8 Å². The van der Waals surface area contributed by atoms with E-state index in [-0.39, 0.29) is 0 Å². The highest BCUT2D eigenvalue weighted by Crippen LogP contribution is 2.28. The molecule has 0 saturated carbocycles. The second-order valence-corrected chi connectivity index (χ2v) is 6.01. The van der Waals surface area contributed by atoms with Crippen molar-refractivity contribution in [1.82, 2.24) is 5.32 Å². The molecule has 1 aromatic rings. The summed E-state index contributed by atoms with van der Waals surface area (Å²) < 4.78 is 0. The van der Waals surface area contributed by atoms with Crippen LogP contribution in [-0.4, -0.2) is 25.5 Å². The van der Waals surface area contributed by atoms with Crippen molar-refractivity contribution in [3.63, 3.8) is 0 Å². The second kappa shape index (κ2) is 6.40. The molecule has 2 aliphatic rings. The molecule has 0 aromatic heterocycles. The molecule has 108 valence electrons. The first-order chi connectivity index (χ1) is 9.84. The maximum Gasteiger partial charge on any atom is 0.227 e. The Labute approximate surface area is 121 Å². The summed E-state index contributed by atoms with van der Waals surface area (Å²) in [5.74, 6) is 1.15. The monoisotopic (exact) mass is 272 g/mol. The van der Waals surface area contributed by atoms with Crippen molar-refractivity contribution >= 4 is 11.6 Å². The maximum atomic E-state index is 12.2. The average molecular weight is 272 g/mol. The lowest BCUT2D eigenvalue weighted by atomic mass is 9.93. The summed E-state index contributed by atoms with van der Waals surface area (Å²) in [6.07, 6.45) is 6.55. The van der Waals surface area contributed by atoms with Crippen LogP contribution in [0.25, 0.3) is 0 Å². The van der Waals surface area contributed by atoms with Gasteiger partial charge in [0.25, 0.3) is 0 Å². The van der Waals surface area contributed by atoms with Gasteiger partial charge in [0.05, 0.1) is 0 Å². The summed E-state index contributed by atoms with van der Waals surface area (Å²) in [7, 11) is 0. The molecule has 0 radical (unpaired) electrons. The lowest BCUT2D eigenvalue weighted by Gasteiger charge is -2.30. The van der Waals surface area contributed by atoms with Gasteiger partial charge in [-0.05, 0) is 62.7 Å². The molecular weight excluding hydrogens is 248 g/mol. The minimum Gasteiger partial charge on any atom is -0.317 e. The zero-order valence-electron chi connectivity index (χ0n) is 12.1. The van der Waals surface area contributed by atoms with Crippen LogP contribution in [0.4, 0.5) is 5.69 Å². The molecule has 0 unspecified atom stereocenters. The third-order valence-electron chi connectivity index (χ3n) is 4.64. The van der Waals surface area contributed by atoms with E-state index in [0.717, 1.165) is 44.1 Å². The normalized spacial score (nSPS) is 20.0. The molecule has 1 amide bonds. The highest BCUT2D eigenvalue weighted by molar-refractivity contribution is 5.96. The Hall–Kier alpha value is -1.35. The quantitative estimate of drug-likeness (QED) is 0.914. The van der Waals surface area contributed by atoms with Crippen LogP contribution in [0.3, 0.4) is 0 Å². The number of piperidine rings is 1. The number of nitrogens with one attached hydrogen (secondary N) is 1. The van der Waals surface area contributed by atoms with Crippen molar-refractivity contribution in [2.45, 2.75) is 38.5 Å². The molecule has 2 heterocycles. The molecule has 0 atom stereocenters. The van der Waals surface area contributed by atoms with Gasteiger partial charge in [-0.15, -0.1) is 0 Å². The molecular formula is C17H24N2O. The van der Waals surface area contributed by atoms with E-state index in [9.17, 15) is 4.79 Å². The van der Waals surface area contributed by atoms with E-state index in [0.29, 0.717) is 12.3 Å². The van der Waals surface area contributed by atoms with Crippen LogP contribution in [0.5, 0.6) is 0 Å². The molecule has 2 aliphatic heterocycles. The largest absolute Gasteiger partial charge is 0.317 e. The molecule has 0 spiro atoms. The highest BCUT2D eigenvalue weighted by Gasteiger charge is 2.23. The zero-order valence-corrected chi connectivity index (χ0v) is 12.1. The Morgan fingerprint density at radius 1 is 1.15 bits per heavy atom. The minimum absolute atomic E-state index is 0.300. The van der Waals surface area contributed by atoms with Gasteiger partial charge in [0.1, 0.15) is 0 Å². The molecule has 3 rings (SSSR count). The number of amides is 1. The Morgan fingerprint density at radius 3 is 2.80 bits per heavy atom. The molecule has 3 nitrogen and oxygen atoms in total. The number of benzene rings is 1. The van der Waals surface area contributed by atoms with Gasteiger partial charge in [-0.1, -0.05) is 18.2 Å². The summed E-state index contributed by atoms with van der Waals surface area (Å²) in [6, 6.07) is 8.36. The molecule has 0 bridgehead atoms. The Bertz CT molecular complexity index is 466. The van der Waals surface area contributed by atoms with Gasteiger partial charge in [0, 0.05) is 18.7 Å². The first-order valence-corrected chi connectivity index (χ1v) is 7.93. The molecule has 20 heavy (non-hydrogen) atoms. The van der Waals surface area contributed by atoms with Gasteiger partial charge in [-0.3, -0.25) is 4.79 Å². The number of nitrogens with zero attached hydrogens (tertiary/aromatic N) is 1. The first-order valence-electron chi connectivity index (χ1n) is 7.93. The number of carbonyl (C=O) groups excluding carboxylic acids is 1. The average Bonchev–Trinajstić information content (AvgIpc) is 2.50. The number of rotatable bonds is 4. The predicted octanol–water partition coefficient (Wildman–Crippen LogP) is 2.75. The minimum atomic E-state index is 0.300. The number of hydrogen-bond donors (Lipinski definition) is 1. The smallest absolute Gasteiger partial charge is 0.227 e. The van der Waals surface area contributed by atoms with Crippen LogP contribution in [0, 0.1) is 5.92 Å². The number of fused-ring (bicyclic) bond motifs is 1. The van der Waals surface area contributed by atoms with Crippen LogP contribution in [0.2, 0.25) is 0 Å². The SMILES string of the molecule is O=C1CCc2ccccc2N1CCCC1CCNCC1. The van der Waals surface area contributed by atoms with Crippen LogP contribution in [0.15, 0.2) is 24.3 Å². The second-order valence-electron chi connectivity index (χ2n) is 6.01. The van der Waals surface area contributed by atoms with Crippen LogP contribution in [0.1, 0.15) is 37.7 Å². The maximum absolute atomic E-state index is 12.2. The van der Waals surface area contributed by atoms with Crippen molar-refractivity contribution in [3.05, 3.63) is 29.8 Å². The van der Waals surface area contributed by atoms with Crippen LogP contribution < -0.4 is 10.2 Å². The number of para-hydroxylation sites is 1. The molecule has 1 N–H and O–H groups in total. The van der Waals surface area contributed by atoms with E-state index in [2.05, 4.69) is 23.5 Å². The van der Waals surface area contributed by atoms with Gasteiger partial charge >= 0.3 is 0 Å². The predicted molar refractivity (Wildman–Crippen MR) is 81.9 cm³/mol. The summed E-state index contributed by atoms with van der Waals surface area (Å²) in [5.41, 5.74) is 2.48. The molecule has 0 aliphatic carbocycles. The summed E-state index contributed by atoms with van der Waals surface area (Å²) in [6.45, 7) is 3.21. The number of hydrogen-bond acceptors (Lipinski definition) is 2. The van der Waals surface area contributed by atoms with Gasteiger partial charge in [-0.2, -0.15) is 0 Å². The Morgan fingerprint density at radius 2 is 1.95 bits per heavy atom. The first kappa shape index (κ1) is 13.6. The summed E-state index contributed by atoms with van der Waals surface area (Å²) in [4.78, 5) is 14.2. The fourth-order valence-corrected chi connectivity index (χ4v) is 3.45. The fourth-order valence-electron chi connectivity index (χ4n) is 3.45. The lowest BCUT2D eigenvalue weighted by Crippen LogP contribution is -2.36. The molecule has 1 fully saturated rings. The lowest BCUT2D eigenvalue weighted by molar-refractivity contribution is -0.118. The van der Waals surface area contributed by atoms with Crippen LogP contribution >= 0.6 is 0 Å². The highest BCUT2D eigenvalue weighted by atomic mass is 16.2. The van der Waals surface area contributed by atoms with E-state index in [4.69, 9.17) is 0 Å². The Kier molecular flexibility index (Phi) is 4.36. The zero-order chi connectivity index (χ0) is 13.8. The van der Waals surface area contributed by atoms with Gasteiger partial charge in [-0.25, -0.2) is 0 Å². The van der Waals surface area contributed by atoms with Crippen molar-refractivity contribution < 1.29 is 4.79 Å². The van der Waals surface area contributed by atoms with E-state index in [1.807, 2.05) is 11.0 Å². The van der Waals surface area contributed by atoms with Gasteiger partial charge < -0.3 is 10.2 Å². The van der Waals surface area contributed by atoms with Gasteiger partial charge in [0.15, 0.2) is 0 Å². The van der Waals surface area contributed by atoms with Crippen molar-refractivity contribution in [2.24, 2.45) is 5.92 Å².